The number of rotatable bonds is 5. The number of aliphatic hydroxyl groups is 2. The maximum atomic E-state index is 9.41. The molecule has 3 nitrogen and oxygen atoms in total. The Labute approximate surface area is 78.0 Å². The molecule has 0 spiro atoms. The highest BCUT2D eigenvalue weighted by molar-refractivity contribution is 5.42. The average molecular weight is 181 g/mol. The number of hydrogen-bond acceptors (Lipinski definition) is 3. The van der Waals surface area contributed by atoms with Crippen LogP contribution in [0, 0.1) is 0 Å². The van der Waals surface area contributed by atoms with Crippen molar-refractivity contribution in [2.75, 3.05) is 11.9 Å². The molecule has 0 saturated carbocycles. The Balaban J connectivity index is 2.32. The van der Waals surface area contributed by atoms with E-state index < -0.39 is 6.23 Å². The van der Waals surface area contributed by atoms with Gasteiger partial charge in [0, 0.05) is 12.3 Å². The van der Waals surface area contributed by atoms with Crippen LogP contribution < -0.4 is 5.32 Å². The summed E-state index contributed by atoms with van der Waals surface area (Å²) in [5, 5.41) is 20.9. The molecule has 1 atom stereocenters. The van der Waals surface area contributed by atoms with E-state index in [1.165, 1.54) is 0 Å². The number of anilines is 1. The summed E-state index contributed by atoms with van der Waals surface area (Å²) in [7, 11) is 0. The summed E-state index contributed by atoms with van der Waals surface area (Å²) in [4.78, 5) is 0. The van der Waals surface area contributed by atoms with E-state index in [9.17, 15) is 5.11 Å². The molecule has 3 N–H and O–H groups in total. The van der Waals surface area contributed by atoms with Gasteiger partial charge in [0.25, 0.3) is 0 Å². The van der Waals surface area contributed by atoms with Crippen molar-refractivity contribution in [3.05, 3.63) is 30.3 Å². The van der Waals surface area contributed by atoms with E-state index in [-0.39, 0.29) is 6.61 Å². The maximum Gasteiger partial charge on any atom is 0.124 e. The first-order chi connectivity index (χ1) is 6.33. The zero-order valence-electron chi connectivity index (χ0n) is 7.48. The lowest BCUT2D eigenvalue weighted by molar-refractivity contribution is 0.174. The number of benzene rings is 1. The highest BCUT2D eigenvalue weighted by Crippen LogP contribution is 2.07. The molecule has 13 heavy (non-hydrogen) atoms. The number of aliphatic hydroxyl groups excluding tert-OH is 2. The van der Waals surface area contributed by atoms with Gasteiger partial charge in [0.1, 0.15) is 6.23 Å². The van der Waals surface area contributed by atoms with Crippen LogP contribution in [-0.4, -0.2) is 23.0 Å². The summed E-state index contributed by atoms with van der Waals surface area (Å²) in [5.41, 5.74) is 0.896. The van der Waals surface area contributed by atoms with Crippen LogP contribution in [0.1, 0.15) is 12.8 Å². The van der Waals surface area contributed by atoms with Crippen molar-refractivity contribution >= 4 is 5.69 Å². The molecule has 0 aliphatic carbocycles. The van der Waals surface area contributed by atoms with Crippen LogP contribution >= 0.6 is 0 Å². The highest BCUT2D eigenvalue weighted by atomic mass is 16.3. The van der Waals surface area contributed by atoms with Gasteiger partial charge in [-0.25, -0.2) is 0 Å². The van der Waals surface area contributed by atoms with Gasteiger partial charge in [-0.05, 0) is 25.0 Å². The smallest absolute Gasteiger partial charge is 0.124 e. The number of nitrogens with one attached hydrogen (secondary N) is 1. The van der Waals surface area contributed by atoms with E-state index in [4.69, 9.17) is 5.11 Å². The van der Waals surface area contributed by atoms with Gasteiger partial charge >= 0.3 is 0 Å². The Bertz CT molecular complexity index is 226. The van der Waals surface area contributed by atoms with Gasteiger partial charge in [-0.3, -0.25) is 0 Å². The second-order valence-corrected chi connectivity index (χ2v) is 2.89. The van der Waals surface area contributed by atoms with E-state index in [1.807, 2.05) is 30.3 Å². The Hall–Kier alpha value is -1.06. The minimum atomic E-state index is -0.574. The van der Waals surface area contributed by atoms with Gasteiger partial charge in [-0.2, -0.15) is 0 Å². The fourth-order valence-corrected chi connectivity index (χ4v) is 1.08. The predicted octanol–water partition coefficient (Wildman–Crippen LogP) is 1.19. The molecule has 0 bridgehead atoms. The minimum Gasteiger partial charge on any atom is -0.396 e. The van der Waals surface area contributed by atoms with Crippen LogP contribution in [0.15, 0.2) is 30.3 Å². The molecule has 0 aliphatic heterocycles. The average Bonchev–Trinajstić information content (AvgIpc) is 2.16. The summed E-state index contributed by atoms with van der Waals surface area (Å²) in [6.45, 7) is 0.119. The van der Waals surface area contributed by atoms with E-state index in [0.29, 0.717) is 12.8 Å². The fraction of sp³-hybridized carbons (Fsp3) is 0.400. The second-order valence-electron chi connectivity index (χ2n) is 2.89. The molecule has 72 valence electrons. The van der Waals surface area contributed by atoms with Gasteiger partial charge in [0.2, 0.25) is 0 Å². The standard InChI is InChI=1S/C10H15NO2/c12-8-4-7-10(13)11-9-5-2-1-3-6-9/h1-3,5-6,10-13H,4,7-8H2. The molecule has 0 aliphatic rings. The molecular formula is C10H15NO2. The van der Waals surface area contributed by atoms with Gasteiger partial charge in [-0.1, -0.05) is 18.2 Å². The Morgan fingerprint density at radius 3 is 2.54 bits per heavy atom. The van der Waals surface area contributed by atoms with E-state index in [0.717, 1.165) is 5.69 Å². The summed E-state index contributed by atoms with van der Waals surface area (Å²) in [6.07, 6.45) is 0.599. The molecule has 0 heterocycles. The van der Waals surface area contributed by atoms with Crippen LogP contribution in [0.3, 0.4) is 0 Å². The monoisotopic (exact) mass is 181 g/mol. The molecule has 0 fully saturated rings. The Morgan fingerprint density at radius 1 is 1.23 bits per heavy atom. The first-order valence-electron chi connectivity index (χ1n) is 4.43. The molecule has 0 amide bonds. The molecule has 1 aromatic carbocycles. The summed E-state index contributed by atoms with van der Waals surface area (Å²) in [6, 6.07) is 9.51. The van der Waals surface area contributed by atoms with Gasteiger partial charge in [0.15, 0.2) is 0 Å². The molecule has 0 aromatic heterocycles. The SMILES string of the molecule is OCCCC(O)Nc1ccccc1. The lowest BCUT2D eigenvalue weighted by Gasteiger charge is -2.12. The summed E-state index contributed by atoms with van der Waals surface area (Å²) < 4.78 is 0. The normalized spacial score (nSPS) is 12.5. The van der Waals surface area contributed by atoms with Crippen molar-refractivity contribution in [3.8, 4) is 0 Å². The second kappa shape index (κ2) is 5.56. The van der Waals surface area contributed by atoms with E-state index in [2.05, 4.69) is 5.32 Å². The quantitative estimate of drug-likeness (QED) is 0.598. The third kappa shape index (κ3) is 3.92. The third-order valence-electron chi connectivity index (χ3n) is 1.74. The molecule has 1 aromatic rings. The van der Waals surface area contributed by atoms with Crippen molar-refractivity contribution in [3.63, 3.8) is 0 Å². The molecule has 0 radical (unpaired) electrons. The lowest BCUT2D eigenvalue weighted by Crippen LogP contribution is -2.18. The van der Waals surface area contributed by atoms with Crippen molar-refractivity contribution in [1.29, 1.82) is 0 Å². The maximum absolute atomic E-state index is 9.41. The number of para-hydroxylation sites is 1. The van der Waals surface area contributed by atoms with Gasteiger partial charge < -0.3 is 15.5 Å². The van der Waals surface area contributed by atoms with Crippen LogP contribution in [0.2, 0.25) is 0 Å². The van der Waals surface area contributed by atoms with Gasteiger partial charge in [-0.15, -0.1) is 0 Å². The van der Waals surface area contributed by atoms with Crippen molar-refractivity contribution < 1.29 is 10.2 Å². The lowest BCUT2D eigenvalue weighted by atomic mass is 10.2. The molecule has 3 heteroatoms. The molecule has 1 unspecified atom stereocenters. The Morgan fingerprint density at radius 2 is 1.92 bits per heavy atom. The van der Waals surface area contributed by atoms with Crippen molar-refractivity contribution in [1.82, 2.24) is 0 Å². The predicted molar refractivity (Wildman–Crippen MR) is 52.4 cm³/mol. The van der Waals surface area contributed by atoms with Crippen LogP contribution in [0.4, 0.5) is 5.69 Å². The first kappa shape index (κ1) is 10.0. The zero-order valence-corrected chi connectivity index (χ0v) is 7.48. The van der Waals surface area contributed by atoms with Crippen LogP contribution in [0.25, 0.3) is 0 Å². The minimum absolute atomic E-state index is 0.119. The van der Waals surface area contributed by atoms with E-state index >= 15 is 0 Å². The summed E-state index contributed by atoms with van der Waals surface area (Å²) >= 11 is 0. The highest BCUT2D eigenvalue weighted by Gasteiger charge is 2.01. The Kier molecular flexibility index (Phi) is 4.29. The van der Waals surface area contributed by atoms with Crippen molar-refractivity contribution in [2.45, 2.75) is 19.1 Å². The van der Waals surface area contributed by atoms with Crippen molar-refractivity contribution in [2.24, 2.45) is 0 Å². The first-order valence-corrected chi connectivity index (χ1v) is 4.43. The zero-order chi connectivity index (χ0) is 9.52. The van der Waals surface area contributed by atoms with Crippen LogP contribution in [-0.2, 0) is 0 Å². The number of hydrogen-bond donors (Lipinski definition) is 3. The molecular weight excluding hydrogens is 166 g/mol. The topological polar surface area (TPSA) is 52.5 Å². The largest absolute Gasteiger partial charge is 0.396 e. The molecule has 1 rings (SSSR count). The fourth-order valence-electron chi connectivity index (χ4n) is 1.08. The third-order valence-corrected chi connectivity index (χ3v) is 1.74. The van der Waals surface area contributed by atoms with Crippen LogP contribution in [0.5, 0.6) is 0 Å². The van der Waals surface area contributed by atoms with E-state index in [1.54, 1.807) is 0 Å². The summed E-state index contributed by atoms with van der Waals surface area (Å²) in [5.74, 6) is 0. The van der Waals surface area contributed by atoms with Gasteiger partial charge in [0.05, 0.1) is 0 Å². The molecule has 0 saturated heterocycles.